The Morgan fingerprint density at radius 2 is 1.75 bits per heavy atom. The summed E-state index contributed by atoms with van der Waals surface area (Å²) in [6.07, 6.45) is 3.93. The Morgan fingerprint density at radius 3 is 2.46 bits per heavy atom. The predicted octanol–water partition coefficient (Wildman–Crippen LogP) is 3.18. The molecule has 1 aliphatic carbocycles. The van der Waals surface area contributed by atoms with Crippen LogP contribution in [0, 0.1) is 5.92 Å². The van der Waals surface area contributed by atoms with Crippen LogP contribution in [0.1, 0.15) is 32.6 Å². The lowest BCUT2D eigenvalue weighted by Gasteiger charge is -2.33. The molecule has 2 fully saturated rings. The molecule has 1 heterocycles. The van der Waals surface area contributed by atoms with Crippen molar-refractivity contribution in [1.82, 2.24) is 10.2 Å². The number of rotatable bonds is 6. The lowest BCUT2D eigenvalue weighted by Crippen LogP contribution is -2.48. The molecule has 1 saturated carbocycles. The standard InChI is InChI=1S/C23H29N3O2/c1-2-26(21-9-5-7-17-6-3-4-8-20(17)21)22(27)16-25-14-12-19(13-15-25)24-23(28)18-10-11-18/h3-9,18-19H,2,10-16H2,1H3,(H,24,28). The largest absolute Gasteiger partial charge is 0.353 e. The molecular formula is C23H29N3O2. The molecule has 148 valence electrons. The van der Waals surface area contributed by atoms with Crippen molar-refractivity contribution in [2.45, 2.75) is 38.6 Å². The average molecular weight is 380 g/mol. The molecule has 0 atom stereocenters. The Balaban J connectivity index is 1.36. The molecule has 2 amide bonds. The summed E-state index contributed by atoms with van der Waals surface area (Å²) in [6, 6.07) is 14.6. The van der Waals surface area contributed by atoms with Crippen LogP contribution >= 0.6 is 0 Å². The molecule has 1 N–H and O–H groups in total. The third-order valence-corrected chi connectivity index (χ3v) is 5.92. The van der Waals surface area contributed by atoms with Crippen LogP contribution in [0.3, 0.4) is 0 Å². The zero-order valence-corrected chi connectivity index (χ0v) is 16.6. The number of nitrogens with one attached hydrogen (secondary N) is 1. The van der Waals surface area contributed by atoms with Crippen LogP contribution in [-0.4, -0.2) is 48.9 Å². The molecule has 2 aromatic carbocycles. The zero-order chi connectivity index (χ0) is 19.5. The van der Waals surface area contributed by atoms with E-state index in [4.69, 9.17) is 0 Å². The van der Waals surface area contributed by atoms with Crippen molar-refractivity contribution in [2.24, 2.45) is 5.92 Å². The maximum absolute atomic E-state index is 13.1. The van der Waals surface area contributed by atoms with Gasteiger partial charge in [-0.25, -0.2) is 0 Å². The number of piperidine rings is 1. The van der Waals surface area contributed by atoms with Crippen LogP contribution in [0.2, 0.25) is 0 Å². The monoisotopic (exact) mass is 379 g/mol. The molecule has 0 aromatic heterocycles. The third kappa shape index (κ3) is 4.20. The minimum absolute atomic E-state index is 0.138. The van der Waals surface area contributed by atoms with Crippen LogP contribution in [0.5, 0.6) is 0 Å². The van der Waals surface area contributed by atoms with Gasteiger partial charge in [-0.3, -0.25) is 14.5 Å². The van der Waals surface area contributed by atoms with E-state index < -0.39 is 0 Å². The van der Waals surface area contributed by atoms with E-state index in [2.05, 4.69) is 28.4 Å². The number of likely N-dealkylation sites (N-methyl/N-ethyl adjacent to an activating group) is 1. The summed E-state index contributed by atoms with van der Waals surface area (Å²) in [5, 5.41) is 5.44. The van der Waals surface area contributed by atoms with Crippen molar-refractivity contribution >= 4 is 28.3 Å². The second-order valence-corrected chi connectivity index (χ2v) is 7.97. The van der Waals surface area contributed by atoms with E-state index in [1.54, 1.807) is 0 Å². The SMILES string of the molecule is CCN(C(=O)CN1CCC(NC(=O)C2CC2)CC1)c1cccc2ccccc12. The predicted molar refractivity (Wildman–Crippen MR) is 112 cm³/mol. The Morgan fingerprint density at radius 1 is 1.04 bits per heavy atom. The molecule has 5 heteroatoms. The maximum atomic E-state index is 13.1. The number of likely N-dealkylation sites (tertiary alicyclic amines) is 1. The average Bonchev–Trinajstić information content (AvgIpc) is 3.56. The summed E-state index contributed by atoms with van der Waals surface area (Å²) in [5.74, 6) is 0.625. The van der Waals surface area contributed by atoms with Gasteiger partial charge >= 0.3 is 0 Å². The van der Waals surface area contributed by atoms with Gasteiger partial charge in [0.25, 0.3) is 0 Å². The van der Waals surface area contributed by atoms with Crippen molar-refractivity contribution in [1.29, 1.82) is 0 Å². The van der Waals surface area contributed by atoms with Gasteiger partial charge in [-0.15, -0.1) is 0 Å². The van der Waals surface area contributed by atoms with Crippen molar-refractivity contribution in [3.8, 4) is 0 Å². The summed E-state index contributed by atoms with van der Waals surface area (Å²) in [7, 11) is 0. The summed E-state index contributed by atoms with van der Waals surface area (Å²) in [5.41, 5.74) is 0.984. The van der Waals surface area contributed by atoms with Crippen molar-refractivity contribution in [3.05, 3.63) is 42.5 Å². The summed E-state index contributed by atoms with van der Waals surface area (Å²) in [6.45, 7) is 4.82. The smallest absolute Gasteiger partial charge is 0.241 e. The van der Waals surface area contributed by atoms with Gasteiger partial charge in [0.15, 0.2) is 0 Å². The molecule has 28 heavy (non-hydrogen) atoms. The van der Waals surface area contributed by atoms with E-state index in [0.29, 0.717) is 13.1 Å². The lowest BCUT2D eigenvalue weighted by molar-refractivity contribution is -0.124. The number of hydrogen-bond acceptors (Lipinski definition) is 3. The minimum atomic E-state index is 0.138. The van der Waals surface area contributed by atoms with Gasteiger partial charge in [0, 0.05) is 37.0 Å². The number of carbonyl (C=O) groups is 2. The molecular weight excluding hydrogens is 350 g/mol. The van der Waals surface area contributed by atoms with Gasteiger partial charge in [-0.05, 0) is 44.1 Å². The number of nitrogens with zero attached hydrogens (tertiary/aromatic N) is 2. The molecule has 1 aliphatic heterocycles. The first-order chi connectivity index (χ1) is 13.7. The number of hydrogen-bond donors (Lipinski definition) is 1. The number of fused-ring (bicyclic) bond motifs is 1. The van der Waals surface area contributed by atoms with E-state index in [1.165, 1.54) is 0 Å². The van der Waals surface area contributed by atoms with E-state index in [1.807, 2.05) is 36.1 Å². The van der Waals surface area contributed by atoms with Crippen LogP contribution in [0.4, 0.5) is 5.69 Å². The Bertz CT molecular complexity index is 849. The molecule has 2 aromatic rings. The zero-order valence-electron chi connectivity index (χ0n) is 16.6. The molecule has 1 saturated heterocycles. The van der Waals surface area contributed by atoms with Crippen LogP contribution < -0.4 is 10.2 Å². The number of benzene rings is 2. The summed E-state index contributed by atoms with van der Waals surface area (Å²) < 4.78 is 0. The normalized spacial score (nSPS) is 18.2. The first-order valence-electron chi connectivity index (χ1n) is 10.5. The first kappa shape index (κ1) is 18.9. The van der Waals surface area contributed by atoms with Crippen molar-refractivity contribution in [2.75, 3.05) is 31.1 Å². The van der Waals surface area contributed by atoms with Crippen LogP contribution in [-0.2, 0) is 9.59 Å². The van der Waals surface area contributed by atoms with Gasteiger partial charge in [0.05, 0.1) is 12.2 Å². The van der Waals surface area contributed by atoms with Gasteiger partial charge in [0.1, 0.15) is 0 Å². The summed E-state index contributed by atoms with van der Waals surface area (Å²) in [4.78, 5) is 29.1. The highest BCUT2D eigenvalue weighted by Crippen LogP contribution is 2.29. The van der Waals surface area contributed by atoms with E-state index >= 15 is 0 Å². The number of anilines is 1. The lowest BCUT2D eigenvalue weighted by atomic mass is 10.0. The van der Waals surface area contributed by atoms with Crippen LogP contribution in [0.15, 0.2) is 42.5 Å². The first-order valence-corrected chi connectivity index (χ1v) is 10.5. The molecule has 0 spiro atoms. The number of amides is 2. The molecule has 5 nitrogen and oxygen atoms in total. The molecule has 0 unspecified atom stereocenters. The molecule has 0 bridgehead atoms. The second-order valence-electron chi connectivity index (χ2n) is 7.97. The fraction of sp³-hybridized carbons (Fsp3) is 0.478. The van der Waals surface area contributed by atoms with Crippen LogP contribution in [0.25, 0.3) is 10.8 Å². The van der Waals surface area contributed by atoms with Gasteiger partial charge < -0.3 is 10.2 Å². The highest BCUT2D eigenvalue weighted by molar-refractivity contribution is 6.04. The maximum Gasteiger partial charge on any atom is 0.241 e. The highest BCUT2D eigenvalue weighted by Gasteiger charge is 2.32. The van der Waals surface area contributed by atoms with Crippen molar-refractivity contribution < 1.29 is 9.59 Å². The van der Waals surface area contributed by atoms with Gasteiger partial charge in [-0.2, -0.15) is 0 Å². The Labute approximate surface area is 166 Å². The minimum Gasteiger partial charge on any atom is -0.353 e. The summed E-state index contributed by atoms with van der Waals surface area (Å²) >= 11 is 0. The quantitative estimate of drug-likeness (QED) is 0.839. The molecule has 0 radical (unpaired) electrons. The van der Waals surface area contributed by atoms with E-state index in [-0.39, 0.29) is 23.8 Å². The van der Waals surface area contributed by atoms with E-state index in [9.17, 15) is 9.59 Å². The molecule has 2 aliphatic rings. The topological polar surface area (TPSA) is 52.7 Å². The fourth-order valence-electron chi connectivity index (χ4n) is 4.10. The highest BCUT2D eigenvalue weighted by atomic mass is 16.2. The van der Waals surface area contributed by atoms with Crippen molar-refractivity contribution in [3.63, 3.8) is 0 Å². The molecule has 4 rings (SSSR count). The Kier molecular flexibility index (Phi) is 5.62. The van der Waals surface area contributed by atoms with E-state index in [0.717, 1.165) is 55.2 Å². The third-order valence-electron chi connectivity index (χ3n) is 5.92. The van der Waals surface area contributed by atoms with Gasteiger partial charge in [-0.1, -0.05) is 36.4 Å². The van der Waals surface area contributed by atoms with Gasteiger partial charge in [0.2, 0.25) is 11.8 Å². The second kappa shape index (κ2) is 8.31. The Hall–Kier alpha value is -2.40. The fourth-order valence-corrected chi connectivity index (χ4v) is 4.10. The number of carbonyl (C=O) groups excluding carboxylic acids is 2.